The van der Waals surface area contributed by atoms with E-state index in [0.717, 1.165) is 0 Å². The molecule has 0 N–H and O–H groups in total. The number of carbonyl (C=O) groups excluding carboxylic acids is 1. The molecule has 0 saturated heterocycles. The molecule has 0 heterocycles. The maximum absolute atomic E-state index is 11.9. The van der Waals surface area contributed by atoms with Crippen LogP contribution in [0.5, 0.6) is 17.2 Å². The summed E-state index contributed by atoms with van der Waals surface area (Å²) in [6.45, 7) is 0. The SMILES string of the molecule is COc1cccc(OC)c1OC(=O)[C]1[CH][CH][CH][CH]1. The minimum atomic E-state index is -0.442. The zero-order valence-corrected chi connectivity index (χ0v) is 10.2. The van der Waals surface area contributed by atoms with Crippen molar-refractivity contribution in [1.82, 2.24) is 0 Å². The van der Waals surface area contributed by atoms with Crippen LogP contribution in [0.25, 0.3) is 0 Å². The molecule has 0 spiro atoms. The number of esters is 1. The Morgan fingerprint density at radius 3 is 2.06 bits per heavy atom. The van der Waals surface area contributed by atoms with Gasteiger partial charge in [-0.25, -0.2) is 0 Å². The standard InChI is InChI=1S/C14H13O4/c1-16-11-8-5-9-12(17-2)13(11)18-14(15)10-6-3-4-7-10/h3-9H,1-2H3. The lowest BCUT2D eigenvalue weighted by molar-refractivity contribution is -0.131. The highest BCUT2D eigenvalue weighted by Crippen LogP contribution is 2.38. The number of hydrogen-bond acceptors (Lipinski definition) is 4. The first-order valence-electron chi connectivity index (χ1n) is 5.41. The van der Waals surface area contributed by atoms with Gasteiger partial charge in [-0.1, -0.05) is 6.07 Å². The Kier molecular flexibility index (Phi) is 4.07. The number of benzene rings is 1. The van der Waals surface area contributed by atoms with Crippen LogP contribution in [-0.4, -0.2) is 20.2 Å². The van der Waals surface area contributed by atoms with Crippen molar-refractivity contribution in [1.29, 1.82) is 0 Å². The van der Waals surface area contributed by atoms with Crippen LogP contribution in [0.4, 0.5) is 0 Å². The fourth-order valence-electron chi connectivity index (χ4n) is 1.58. The summed E-state index contributed by atoms with van der Waals surface area (Å²) < 4.78 is 15.6. The first kappa shape index (κ1) is 12.7. The quantitative estimate of drug-likeness (QED) is 0.601. The van der Waals surface area contributed by atoms with E-state index in [0.29, 0.717) is 17.4 Å². The van der Waals surface area contributed by atoms with Gasteiger partial charge in [-0.2, -0.15) is 0 Å². The molecule has 2 rings (SSSR count). The predicted molar refractivity (Wildman–Crippen MR) is 65.6 cm³/mol. The van der Waals surface area contributed by atoms with Crippen LogP contribution in [-0.2, 0) is 4.79 Å². The third-order valence-corrected chi connectivity index (χ3v) is 2.48. The highest BCUT2D eigenvalue weighted by Gasteiger charge is 2.28. The summed E-state index contributed by atoms with van der Waals surface area (Å²) in [5.41, 5.74) is 0. The van der Waals surface area contributed by atoms with Gasteiger partial charge in [0, 0.05) is 0 Å². The monoisotopic (exact) mass is 245 g/mol. The molecule has 1 fully saturated rings. The predicted octanol–water partition coefficient (Wildman–Crippen LogP) is 2.01. The molecule has 1 aliphatic carbocycles. The van der Waals surface area contributed by atoms with Crippen molar-refractivity contribution in [2.45, 2.75) is 0 Å². The van der Waals surface area contributed by atoms with E-state index in [9.17, 15) is 4.79 Å². The summed E-state index contributed by atoms with van der Waals surface area (Å²) in [7, 11) is 3.02. The van der Waals surface area contributed by atoms with Gasteiger partial charge in [-0.3, -0.25) is 4.79 Å². The molecule has 5 radical (unpaired) electrons. The van der Waals surface area contributed by atoms with Gasteiger partial charge >= 0.3 is 5.97 Å². The lowest BCUT2D eigenvalue weighted by Crippen LogP contribution is -2.17. The topological polar surface area (TPSA) is 44.8 Å². The van der Waals surface area contributed by atoms with Crippen LogP contribution >= 0.6 is 0 Å². The number of para-hydroxylation sites is 1. The molecule has 1 aliphatic rings. The van der Waals surface area contributed by atoms with Crippen molar-refractivity contribution in [3.63, 3.8) is 0 Å². The molecule has 4 nitrogen and oxygen atoms in total. The average molecular weight is 245 g/mol. The van der Waals surface area contributed by atoms with Crippen LogP contribution in [0.1, 0.15) is 0 Å². The fourth-order valence-corrected chi connectivity index (χ4v) is 1.58. The molecule has 0 bridgehead atoms. The number of rotatable bonds is 4. The van der Waals surface area contributed by atoms with E-state index in [-0.39, 0.29) is 5.75 Å². The Bertz CT molecular complexity index is 400. The van der Waals surface area contributed by atoms with E-state index >= 15 is 0 Å². The van der Waals surface area contributed by atoms with Gasteiger partial charge in [0.15, 0.2) is 11.5 Å². The van der Waals surface area contributed by atoms with E-state index in [1.54, 1.807) is 43.9 Å². The number of methoxy groups -OCH3 is 2. The Balaban J connectivity index is 2.18. The summed E-state index contributed by atoms with van der Waals surface area (Å²) in [5, 5.41) is 0. The maximum Gasteiger partial charge on any atom is 0.319 e. The second-order valence-corrected chi connectivity index (χ2v) is 3.55. The van der Waals surface area contributed by atoms with Crippen LogP contribution in [0, 0.1) is 31.6 Å². The summed E-state index contributed by atoms with van der Waals surface area (Å²) >= 11 is 0. The van der Waals surface area contributed by atoms with E-state index in [1.165, 1.54) is 14.2 Å². The summed E-state index contributed by atoms with van der Waals surface area (Å²) in [4.78, 5) is 11.9. The van der Waals surface area contributed by atoms with Crippen molar-refractivity contribution < 1.29 is 19.0 Å². The Morgan fingerprint density at radius 1 is 1.00 bits per heavy atom. The minimum absolute atomic E-state index is 0.286. The lowest BCUT2D eigenvalue weighted by Gasteiger charge is -2.14. The van der Waals surface area contributed by atoms with Gasteiger partial charge in [0.05, 0.1) is 20.1 Å². The van der Waals surface area contributed by atoms with Gasteiger partial charge in [-0.05, 0) is 37.8 Å². The van der Waals surface area contributed by atoms with E-state index in [1.807, 2.05) is 0 Å². The molecule has 0 aromatic heterocycles. The lowest BCUT2D eigenvalue weighted by atomic mass is 10.1. The van der Waals surface area contributed by atoms with Crippen molar-refractivity contribution >= 4 is 5.97 Å². The highest BCUT2D eigenvalue weighted by atomic mass is 16.6. The maximum atomic E-state index is 11.9. The molecule has 0 aliphatic heterocycles. The number of hydrogen-bond donors (Lipinski definition) is 0. The van der Waals surface area contributed by atoms with Crippen LogP contribution in [0.15, 0.2) is 18.2 Å². The van der Waals surface area contributed by atoms with Crippen LogP contribution in [0.2, 0.25) is 0 Å². The van der Waals surface area contributed by atoms with Crippen LogP contribution < -0.4 is 14.2 Å². The largest absolute Gasteiger partial charge is 0.493 e. The first-order valence-corrected chi connectivity index (χ1v) is 5.41. The van der Waals surface area contributed by atoms with Crippen molar-refractivity contribution in [2.75, 3.05) is 14.2 Å². The van der Waals surface area contributed by atoms with Crippen molar-refractivity contribution in [3.05, 3.63) is 49.8 Å². The molecular weight excluding hydrogens is 232 g/mol. The summed E-state index contributed by atoms with van der Waals surface area (Å²) in [6, 6.07) is 5.17. The molecule has 1 aromatic carbocycles. The molecule has 0 unspecified atom stereocenters. The van der Waals surface area contributed by atoms with Gasteiger partial charge in [0.1, 0.15) is 0 Å². The molecule has 18 heavy (non-hydrogen) atoms. The number of ether oxygens (including phenoxy) is 3. The van der Waals surface area contributed by atoms with E-state index in [4.69, 9.17) is 14.2 Å². The summed E-state index contributed by atoms with van der Waals surface area (Å²) in [5.74, 6) is 1.24. The van der Waals surface area contributed by atoms with E-state index < -0.39 is 5.97 Å². The molecule has 1 saturated carbocycles. The van der Waals surface area contributed by atoms with E-state index in [2.05, 4.69) is 0 Å². The van der Waals surface area contributed by atoms with Crippen molar-refractivity contribution in [3.8, 4) is 17.2 Å². The number of carbonyl (C=O) groups is 1. The molecule has 93 valence electrons. The zero-order chi connectivity index (χ0) is 13.0. The Labute approximate surface area is 107 Å². The van der Waals surface area contributed by atoms with Gasteiger partial charge in [-0.15, -0.1) is 0 Å². The Morgan fingerprint density at radius 2 is 1.56 bits per heavy atom. The summed E-state index contributed by atoms with van der Waals surface area (Å²) in [6.07, 6.45) is 6.92. The van der Waals surface area contributed by atoms with Crippen LogP contribution in [0.3, 0.4) is 0 Å². The minimum Gasteiger partial charge on any atom is -0.493 e. The molecular formula is C14H13O4. The van der Waals surface area contributed by atoms with Gasteiger partial charge < -0.3 is 14.2 Å². The Hall–Kier alpha value is -1.71. The second-order valence-electron chi connectivity index (χ2n) is 3.55. The molecule has 4 heteroatoms. The molecule has 1 aromatic rings. The molecule has 0 amide bonds. The average Bonchev–Trinajstić information content (AvgIpc) is 2.93. The zero-order valence-electron chi connectivity index (χ0n) is 10.2. The highest BCUT2D eigenvalue weighted by molar-refractivity contribution is 5.93. The first-order chi connectivity index (χ1) is 8.76. The van der Waals surface area contributed by atoms with Gasteiger partial charge in [0.2, 0.25) is 5.75 Å². The molecule has 0 atom stereocenters. The fraction of sp³-hybridized carbons (Fsp3) is 0.143. The van der Waals surface area contributed by atoms with Gasteiger partial charge in [0.25, 0.3) is 0 Å². The smallest absolute Gasteiger partial charge is 0.319 e. The third kappa shape index (κ3) is 2.58. The van der Waals surface area contributed by atoms with Crippen molar-refractivity contribution in [2.24, 2.45) is 0 Å². The third-order valence-electron chi connectivity index (χ3n) is 2.48. The second kappa shape index (κ2) is 5.76. The normalized spacial score (nSPS) is 15.4.